The number of carbonyl (C=O) groups excluding carboxylic acids is 3. The van der Waals surface area contributed by atoms with E-state index in [1.54, 1.807) is 6.07 Å². The summed E-state index contributed by atoms with van der Waals surface area (Å²) in [5.74, 6) is -0.192. The molecule has 132 valence electrons. The van der Waals surface area contributed by atoms with Crippen molar-refractivity contribution in [1.82, 2.24) is 15.5 Å². The van der Waals surface area contributed by atoms with Crippen molar-refractivity contribution in [3.63, 3.8) is 0 Å². The van der Waals surface area contributed by atoms with Gasteiger partial charge in [0.15, 0.2) is 0 Å². The lowest BCUT2D eigenvalue weighted by molar-refractivity contribution is -0.131. The minimum absolute atomic E-state index is 0.114. The van der Waals surface area contributed by atoms with Crippen LogP contribution in [-0.2, 0) is 9.59 Å². The van der Waals surface area contributed by atoms with Gasteiger partial charge >= 0.3 is 0 Å². The predicted molar refractivity (Wildman–Crippen MR) is 93.9 cm³/mol. The van der Waals surface area contributed by atoms with Gasteiger partial charge in [-0.2, -0.15) is 0 Å². The molecule has 0 unspecified atom stereocenters. The third kappa shape index (κ3) is 6.31. The summed E-state index contributed by atoms with van der Waals surface area (Å²) in [6.45, 7) is 2.32. The number of rotatable bonds is 7. The highest BCUT2D eigenvalue weighted by Crippen LogP contribution is 2.10. The molecule has 0 bridgehead atoms. The molecule has 1 saturated heterocycles. The van der Waals surface area contributed by atoms with E-state index in [-0.39, 0.29) is 24.1 Å². The van der Waals surface area contributed by atoms with Crippen LogP contribution in [0.2, 0.25) is 0 Å². The zero-order valence-corrected chi connectivity index (χ0v) is 14.7. The second-order valence-electron chi connectivity index (χ2n) is 5.88. The largest absolute Gasteiger partial charge is 0.356 e. The highest BCUT2D eigenvalue weighted by atomic mass is 32.1. The Morgan fingerprint density at radius 3 is 2.38 bits per heavy atom. The lowest BCUT2D eigenvalue weighted by Gasteiger charge is -2.20. The van der Waals surface area contributed by atoms with E-state index in [1.807, 2.05) is 16.3 Å². The second kappa shape index (κ2) is 10.1. The summed E-state index contributed by atoms with van der Waals surface area (Å²) in [5.41, 5.74) is 0. The van der Waals surface area contributed by atoms with Crippen molar-refractivity contribution in [3.05, 3.63) is 22.4 Å². The lowest BCUT2D eigenvalue weighted by Crippen LogP contribution is -2.36. The van der Waals surface area contributed by atoms with Crippen LogP contribution in [0.15, 0.2) is 17.5 Å². The van der Waals surface area contributed by atoms with Crippen LogP contribution in [-0.4, -0.2) is 48.8 Å². The summed E-state index contributed by atoms with van der Waals surface area (Å²) >= 11 is 1.37. The molecule has 0 atom stereocenters. The monoisotopic (exact) mass is 351 g/mol. The van der Waals surface area contributed by atoms with E-state index in [4.69, 9.17) is 0 Å². The van der Waals surface area contributed by atoms with Gasteiger partial charge in [0.05, 0.1) is 4.88 Å². The summed E-state index contributed by atoms with van der Waals surface area (Å²) in [6.07, 6.45) is 5.09. The molecule has 2 heterocycles. The van der Waals surface area contributed by atoms with Crippen LogP contribution in [0.4, 0.5) is 0 Å². The number of carbonyl (C=O) groups is 3. The standard InChI is InChI=1S/C17H25N3O3S/c21-15(7-9-19-17(23)14-6-5-13-24-14)18-10-8-16(22)20-11-3-1-2-4-12-20/h5-6,13H,1-4,7-12H2,(H,18,21)(H,19,23). The summed E-state index contributed by atoms with van der Waals surface area (Å²) < 4.78 is 0. The highest BCUT2D eigenvalue weighted by Gasteiger charge is 2.15. The molecule has 1 aromatic rings. The maximum atomic E-state index is 12.1. The van der Waals surface area contributed by atoms with Gasteiger partial charge in [-0.1, -0.05) is 18.9 Å². The molecular weight excluding hydrogens is 326 g/mol. The molecule has 0 aromatic carbocycles. The molecule has 2 rings (SSSR count). The smallest absolute Gasteiger partial charge is 0.261 e. The van der Waals surface area contributed by atoms with Crippen LogP contribution in [0, 0.1) is 0 Å². The maximum Gasteiger partial charge on any atom is 0.261 e. The Balaban J connectivity index is 1.56. The molecule has 2 N–H and O–H groups in total. The fourth-order valence-electron chi connectivity index (χ4n) is 2.66. The predicted octanol–water partition coefficient (Wildman–Crippen LogP) is 1.78. The van der Waals surface area contributed by atoms with Gasteiger partial charge in [0.1, 0.15) is 0 Å². The van der Waals surface area contributed by atoms with Gasteiger partial charge in [-0.25, -0.2) is 0 Å². The first-order valence-corrected chi connectivity index (χ1v) is 9.41. The second-order valence-corrected chi connectivity index (χ2v) is 6.83. The van der Waals surface area contributed by atoms with Crippen LogP contribution < -0.4 is 10.6 Å². The molecule has 1 aliphatic rings. The summed E-state index contributed by atoms with van der Waals surface area (Å²) in [4.78, 5) is 38.1. The van der Waals surface area contributed by atoms with Crippen molar-refractivity contribution in [3.8, 4) is 0 Å². The summed E-state index contributed by atoms with van der Waals surface area (Å²) in [7, 11) is 0. The first-order valence-electron chi connectivity index (χ1n) is 8.53. The molecule has 0 spiro atoms. The van der Waals surface area contributed by atoms with E-state index in [0.29, 0.717) is 24.4 Å². The van der Waals surface area contributed by atoms with Crippen LogP contribution in [0.3, 0.4) is 0 Å². The van der Waals surface area contributed by atoms with Gasteiger partial charge < -0.3 is 15.5 Å². The quantitative estimate of drug-likeness (QED) is 0.786. The van der Waals surface area contributed by atoms with Crippen LogP contribution >= 0.6 is 11.3 Å². The van der Waals surface area contributed by atoms with Crippen molar-refractivity contribution >= 4 is 29.1 Å². The van der Waals surface area contributed by atoms with Gasteiger partial charge in [-0.05, 0) is 24.3 Å². The number of hydrogen-bond donors (Lipinski definition) is 2. The molecule has 1 aliphatic heterocycles. The minimum Gasteiger partial charge on any atom is -0.356 e. The minimum atomic E-state index is -0.158. The van der Waals surface area contributed by atoms with Crippen LogP contribution in [0.25, 0.3) is 0 Å². The Morgan fingerprint density at radius 1 is 1.00 bits per heavy atom. The SMILES string of the molecule is O=C(CCNC(=O)c1cccs1)NCCC(=O)N1CCCCCC1. The normalized spacial score (nSPS) is 14.8. The Kier molecular flexibility index (Phi) is 7.74. The molecule has 7 heteroatoms. The average Bonchev–Trinajstić information content (AvgIpc) is 2.97. The van der Waals surface area contributed by atoms with Gasteiger partial charge in [0.25, 0.3) is 5.91 Å². The number of nitrogens with one attached hydrogen (secondary N) is 2. The number of amides is 3. The Morgan fingerprint density at radius 2 is 1.71 bits per heavy atom. The van der Waals surface area contributed by atoms with E-state index in [9.17, 15) is 14.4 Å². The molecule has 0 saturated carbocycles. The molecule has 6 nitrogen and oxygen atoms in total. The van der Waals surface area contributed by atoms with Crippen LogP contribution in [0.1, 0.15) is 48.2 Å². The molecule has 1 fully saturated rings. The number of likely N-dealkylation sites (tertiary alicyclic amines) is 1. The van der Waals surface area contributed by atoms with E-state index in [2.05, 4.69) is 10.6 Å². The fourth-order valence-corrected chi connectivity index (χ4v) is 3.30. The highest BCUT2D eigenvalue weighted by molar-refractivity contribution is 7.12. The van der Waals surface area contributed by atoms with Crippen molar-refractivity contribution in [1.29, 1.82) is 0 Å². The van der Waals surface area contributed by atoms with E-state index in [0.717, 1.165) is 25.9 Å². The van der Waals surface area contributed by atoms with Gasteiger partial charge in [-0.15, -0.1) is 11.3 Å². The number of thiophene rings is 1. The van der Waals surface area contributed by atoms with E-state index < -0.39 is 0 Å². The first kappa shape index (κ1) is 18.4. The molecular formula is C17H25N3O3S. The fraction of sp³-hybridized carbons (Fsp3) is 0.588. The Hall–Kier alpha value is -1.89. The van der Waals surface area contributed by atoms with Crippen molar-refractivity contribution in [2.75, 3.05) is 26.2 Å². The van der Waals surface area contributed by atoms with Crippen LogP contribution in [0.5, 0.6) is 0 Å². The van der Waals surface area contributed by atoms with Gasteiger partial charge in [0.2, 0.25) is 11.8 Å². The number of nitrogens with zero attached hydrogens (tertiary/aromatic N) is 1. The third-order valence-corrected chi connectivity index (χ3v) is 4.87. The first-order chi connectivity index (χ1) is 11.7. The topological polar surface area (TPSA) is 78.5 Å². The van der Waals surface area contributed by atoms with E-state index in [1.165, 1.54) is 24.2 Å². The van der Waals surface area contributed by atoms with E-state index >= 15 is 0 Å². The maximum absolute atomic E-state index is 12.1. The average molecular weight is 351 g/mol. The van der Waals surface area contributed by atoms with Crippen molar-refractivity contribution in [2.24, 2.45) is 0 Å². The molecule has 1 aromatic heterocycles. The summed E-state index contributed by atoms with van der Waals surface area (Å²) in [5, 5.41) is 7.29. The van der Waals surface area contributed by atoms with Gasteiger partial charge in [0, 0.05) is 39.0 Å². The lowest BCUT2D eigenvalue weighted by atomic mass is 10.2. The summed E-state index contributed by atoms with van der Waals surface area (Å²) in [6, 6.07) is 3.56. The van der Waals surface area contributed by atoms with Gasteiger partial charge in [-0.3, -0.25) is 14.4 Å². The third-order valence-electron chi connectivity index (χ3n) is 4.00. The molecule has 3 amide bonds. The number of hydrogen-bond acceptors (Lipinski definition) is 4. The zero-order valence-electron chi connectivity index (χ0n) is 13.9. The molecule has 24 heavy (non-hydrogen) atoms. The van der Waals surface area contributed by atoms with Crippen molar-refractivity contribution in [2.45, 2.75) is 38.5 Å². The Bertz CT molecular complexity index is 537. The zero-order chi connectivity index (χ0) is 17.2. The van der Waals surface area contributed by atoms with Crippen molar-refractivity contribution < 1.29 is 14.4 Å². The Labute approximate surface area is 146 Å². The molecule has 0 aliphatic carbocycles. The molecule has 0 radical (unpaired) electrons.